The van der Waals surface area contributed by atoms with Gasteiger partial charge in [-0.3, -0.25) is 0 Å². The Hall–Kier alpha value is -0.820. The van der Waals surface area contributed by atoms with Crippen molar-refractivity contribution in [2.24, 2.45) is 5.92 Å². The zero-order valence-corrected chi connectivity index (χ0v) is 11.3. The molecule has 0 aliphatic heterocycles. The average molecular weight is 219 g/mol. The standard InChI is InChI=1S/C15H25N/c1-6-16-15(10-11(2)3)14-9-7-8-12(4)13(14)5/h7-9,11,15-16H,6,10H2,1-5H3. The molecule has 0 bridgehead atoms. The van der Waals surface area contributed by atoms with Crippen LogP contribution in [0.5, 0.6) is 0 Å². The number of nitrogens with one attached hydrogen (secondary N) is 1. The van der Waals surface area contributed by atoms with E-state index in [0.29, 0.717) is 6.04 Å². The molecule has 1 nitrogen and oxygen atoms in total. The maximum Gasteiger partial charge on any atom is 0.0325 e. The summed E-state index contributed by atoms with van der Waals surface area (Å²) in [7, 11) is 0. The Kier molecular flexibility index (Phi) is 5.01. The monoisotopic (exact) mass is 219 g/mol. The van der Waals surface area contributed by atoms with Gasteiger partial charge >= 0.3 is 0 Å². The van der Waals surface area contributed by atoms with E-state index in [9.17, 15) is 0 Å². The van der Waals surface area contributed by atoms with Gasteiger partial charge in [-0.1, -0.05) is 39.0 Å². The maximum atomic E-state index is 3.60. The second kappa shape index (κ2) is 6.05. The molecule has 0 aromatic heterocycles. The highest BCUT2D eigenvalue weighted by molar-refractivity contribution is 5.35. The lowest BCUT2D eigenvalue weighted by Crippen LogP contribution is -2.23. The predicted octanol–water partition coefficient (Wildman–Crippen LogP) is 4.00. The molecule has 1 atom stereocenters. The molecule has 1 aromatic carbocycles. The van der Waals surface area contributed by atoms with Crippen molar-refractivity contribution < 1.29 is 0 Å². The lowest BCUT2D eigenvalue weighted by Gasteiger charge is -2.23. The molecule has 0 saturated carbocycles. The van der Waals surface area contributed by atoms with Crippen molar-refractivity contribution in [2.45, 2.75) is 47.1 Å². The van der Waals surface area contributed by atoms with Crippen molar-refractivity contribution in [3.05, 3.63) is 34.9 Å². The van der Waals surface area contributed by atoms with Crippen LogP contribution in [0, 0.1) is 19.8 Å². The third-order valence-electron chi connectivity index (χ3n) is 3.18. The van der Waals surface area contributed by atoms with Crippen LogP contribution in [0.3, 0.4) is 0 Å². The van der Waals surface area contributed by atoms with Gasteiger partial charge in [0, 0.05) is 6.04 Å². The van der Waals surface area contributed by atoms with Crippen molar-refractivity contribution in [2.75, 3.05) is 6.54 Å². The molecule has 0 amide bonds. The molecule has 0 fully saturated rings. The molecule has 0 aliphatic rings. The minimum atomic E-state index is 0.505. The second-order valence-corrected chi connectivity index (χ2v) is 5.03. The molecule has 1 rings (SSSR count). The van der Waals surface area contributed by atoms with Gasteiger partial charge < -0.3 is 5.32 Å². The highest BCUT2D eigenvalue weighted by atomic mass is 14.9. The molecule has 0 aliphatic carbocycles. The molecule has 0 heterocycles. The summed E-state index contributed by atoms with van der Waals surface area (Å²) in [5.74, 6) is 0.726. The normalized spacial score (nSPS) is 13.1. The van der Waals surface area contributed by atoms with Crippen LogP contribution in [-0.2, 0) is 0 Å². The fraction of sp³-hybridized carbons (Fsp3) is 0.600. The molecular weight excluding hydrogens is 194 g/mol. The predicted molar refractivity (Wildman–Crippen MR) is 71.8 cm³/mol. The van der Waals surface area contributed by atoms with E-state index in [1.165, 1.54) is 23.1 Å². The minimum Gasteiger partial charge on any atom is -0.310 e. The van der Waals surface area contributed by atoms with Gasteiger partial charge in [-0.05, 0) is 49.4 Å². The molecule has 1 aromatic rings. The quantitative estimate of drug-likeness (QED) is 0.789. The minimum absolute atomic E-state index is 0.505. The van der Waals surface area contributed by atoms with E-state index in [0.717, 1.165) is 12.5 Å². The third kappa shape index (κ3) is 3.34. The first-order chi connectivity index (χ1) is 7.56. The Morgan fingerprint density at radius 1 is 1.19 bits per heavy atom. The van der Waals surface area contributed by atoms with Crippen LogP contribution < -0.4 is 5.32 Å². The number of rotatable bonds is 5. The van der Waals surface area contributed by atoms with Crippen molar-refractivity contribution >= 4 is 0 Å². The van der Waals surface area contributed by atoms with Crippen LogP contribution in [0.15, 0.2) is 18.2 Å². The van der Waals surface area contributed by atoms with E-state index in [4.69, 9.17) is 0 Å². The van der Waals surface area contributed by atoms with E-state index in [1.54, 1.807) is 0 Å². The van der Waals surface area contributed by atoms with E-state index in [1.807, 2.05) is 0 Å². The number of hydrogen-bond donors (Lipinski definition) is 1. The van der Waals surface area contributed by atoms with Crippen molar-refractivity contribution in [3.8, 4) is 0 Å². The van der Waals surface area contributed by atoms with Gasteiger partial charge in [-0.2, -0.15) is 0 Å². The van der Waals surface area contributed by atoms with Crippen LogP contribution in [0.4, 0.5) is 0 Å². The van der Waals surface area contributed by atoms with Crippen molar-refractivity contribution in [1.29, 1.82) is 0 Å². The maximum absolute atomic E-state index is 3.60. The summed E-state index contributed by atoms with van der Waals surface area (Å²) in [6.07, 6.45) is 1.21. The van der Waals surface area contributed by atoms with E-state index in [2.05, 4.69) is 58.1 Å². The van der Waals surface area contributed by atoms with Crippen LogP contribution in [0.2, 0.25) is 0 Å². The first kappa shape index (κ1) is 13.2. The van der Waals surface area contributed by atoms with Crippen molar-refractivity contribution in [1.82, 2.24) is 5.32 Å². The van der Waals surface area contributed by atoms with Crippen LogP contribution in [0.1, 0.15) is 49.9 Å². The highest BCUT2D eigenvalue weighted by Gasteiger charge is 2.14. The summed E-state index contributed by atoms with van der Waals surface area (Å²) < 4.78 is 0. The fourth-order valence-electron chi connectivity index (χ4n) is 2.19. The highest BCUT2D eigenvalue weighted by Crippen LogP contribution is 2.25. The van der Waals surface area contributed by atoms with Gasteiger partial charge in [-0.25, -0.2) is 0 Å². The molecule has 16 heavy (non-hydrogen) atoms. The van der Waals surface area contributed by atoms with Crippen molar-refractivity contribution in [3.63, 3.8) is 0 Å². The van der Waals surface area contributed by atoms with Gasteiger partial charge in [0.1, 0.15) is 0 Å². The van der Waals surface area contributed by atoms with Gasteiger partial charge in [0.25, 0.3) is 0 Å². The average Bonchev–Trinajstić information content (AvgIpc) is 2.21. The molecular formula is C15H25N. The lowest BCUT2D eigenvalue weighted by atomic mass is 9.92. The zero-order chi connectivity index (χ0) is 12.1. The summed E-state index contributed by atoms with van der Waals surface area (Å²) in [5, 5.41) is 3.60. The zero-order valence-electron chi connectivity index (χ0n) is 11.3. The summed E-state index contributed by atoms with van der Waals surface area (Å²) in [6, 6.07) is 7.13. The SMILES string of the molecule is CCNC(CC(C)C)c1cccc(C)c1C. The lowest BCUT2D eigenvalue weighted by molar-refractivity contribution is 0.437. The fourth-order valence-corrected chi connectivity index (χ4v) is 2.19. The smallest absolute Gasteiger partial charge is 0.0325 e. The third-order valence-corrected chi connectivity index (χ3v) is 3.18. The van der Waals surface area contributed by atoms with Crippen LogP contribution in [0.25, 0.3) is 0 Å². The Labute approximate surface area is 100 Å². The first-order valence-corrected chi connectivity index (χ1v) is 6.35. The summed E-state index contributed by atoms with van der Waals surface area (Å²) in [5.41, 5.74) is 4.30. The van der Waals surface area contributed by atoms with E-state index < -0.39 is 0 Å². The molecule has 0 spiro atoms. The topological polar surface area (TPSA) is 12.0 Å². The molecule has 90 valence electrons. The Balaban J connectivity index is 2.96. The summed E-state index contributed by atoms with van der Waals surface area (Å²) in [4.78, 5) is 0. The van der Waals surface area contributed by atoms with E-state index in [-0.39, 0.29) is 0 Å². The summed E-state index contributed by atoms with van der Waals surface area (Å²) in [6.45, 7) is 12.2. The van der Waals surface area contributed by atoms with E-state index >= 15 is 0 Å². The van der Waals surface area contributed by atoms with Gasteiger partial charge in [0.05, 0.1) is 0 Å². The molecule has 1 N–H and O–H groups in total. The molecule has 0 radical (unpaired) electrons. The van der Waals surface area contributed by atoms with Crippen LogP contribution >= 0.6 is 0 Å². The first-order valence-electron chi connectivity index (χ1n) is 6.35. The van der Waals surface area contributed by atoms with Crippen LogP contribution in [-0.4, -0.2) is 6.54 Å². The Morgan fingerprint density at radius 2 is 1.88 bits per heavy atom. The summed E-state index contributed by atoms with van der Waals surface area (Å²) >= 11 is 0. The number of hydrogen-bond acceptors (Lipinski definition) is 1. The largest absolute Gasteiger partial charge is 0.310 e. The van der Waals surface area contributed by atoms with Gasteiger partial charge in [0.15, 0.2) is 0 Å². The van der Waals surface area contributed by atoms with Gasteiger partial charge in [-0.15, -0.1) is 0 Å². The Bertz CT molecular complexity index is 328. The number of benzene rings is 1. The Morgan fingerprint density at radius 3 is 2.44 bits per heavy atom. The second-order valence-electron chi connectivity index (χ2n) is 5.03. The molecule has 0 saturated heterocycles. The molecule has 1 unspecified atom stereocenters. The number of aryl methyl sites for hydroxylation is 1. The van der Waals surface area contributed by atoms with Gasteiger partial charge in [0.2, 0.25) is 0 Å². The molecule has 1 heteroatoms.